The van der Waals surface area contributed by atoms with Gasteiger partial charge in [-0.25, -0.2) is 0 Å². The van der Waals surface area contributed by atoms with Gasteiger partial charge in [-0.05, 0) is 24.1 Å². The summed E-state index contributed by atoms with van der Waals surface area (Å²) in [6, 6.07) is 7.48. The molecule has 0 radical (unpaired) electrons. The molecule has 1 aromatic rings. The van der Waals surface area contributed by atoms with Gasteiger partial charge in [-0.15, -0.1) is 0 Å². The predicted molar refractivity (Wildman–Crippen MR) is 48.2 cm³/mol. The van der Waals surface area contributed by atoms with Gasteiger partial charge in [0, 0.05) is 0 Å². The van der Waals surface area contributed by atoms with Crippen LogP contribution < -0.4 is 4.74 Å². The first kappa shape index (κ1) is 9.07. The Hall–Kier alpha value is -1.02. The second-order valence-corrected chi connectivity index (χ2v) is 2.65. The van der Waals surface area contributed by atoms with Crippen LogP contribution in [0.4, 0.5) is 0 Å². The fourth-order valence-electron chi connectivity index (χ4n) is 0.911. The van der Waals surface area contributed by atoms with E-state index >= 15 is 0 Å². The lowest BCUT2D eigenvalue weighted by Crippen LogP contribution is -1.94. The van der Waals surface area contributed by atoms with E-state index in [1.54, 1.807) is 0 Å². The molecule has 0 atom stereocenters. The van der Waals surface area contributed by atoms with Crippen molar-refractivity contribution in [1.29, 1.82) is 0 Å². The minimum absolute atomic E-state index is 0.0913. The lowest BCUT2D eigenvalue weighted by molar-refractivity contribution is 0.281. The van der Waals surface area contributed by atoms with Crippen LogP contribution in [0.15, 0.2) is 24.3 Å². The average molecular weight is 166 g/mol. The molecule has 0 amide bonds. The van der Waals surface area contributed by atoms with E-state index in [0.29, 0.717) is 0 Å². The lowest BCUT2D eigenvalue weighted by Gasteiger charge is -2.04. The molecule has 0 saturated carbocycles. The van der Waals surface area contributed by atoms with Crippen molar-refractivity contribution in [3.63, 3.8) is 0 Å². The van der Waals surface area contributed by atoms with Crippen molar-refractivity contribution in [2.75, 3.05) is 6.61 Å². The fourth-order valence-corrected chi connectivity index (χ4v) is 0.911. The van der Waals surface area contributed by atoms with E-state index in [0.717, 1.165) is 24.3 Å². The summed E-state index contributed by atoms with van der Waals surface area (Å²) in [5.74, 6) is 0.869. The molecular weight excluding hydrogens is 152 g/mol. The maximum absolute atomic E-state index is 8.76. The third-order valence-electron chi connectivity index (χ3n) is 1.58. The van der Waals surface area contributed by atoms with Gasteiger partial charge in [-0.1, -0.05) is 19.1 Å². The molecular formula is C10H14O2. The number of rotatable bonds is 4. The van der Waals surface area contributed by atoms with E-state index in [2.05, 4.69) is 6.92 Å². The largest absolute Gasteiger partial charge is 0.494 e. The van der Waals surface area contributed by atoms with Crippen LogP contribution in [-0.2, 0) is 6.61 Å². The quantitative estimate of drug-likeness (QED) is 0.741. The summed E-state index contributed by atoms with van der Waals surface area (Å²) in [7, 11) is 0. The first-order chi connectivity index (χ1) is 5.86. The van der Waals surface area contributed by atoms with Crippen molar-refractivity contribution in [3.8, 4) is 5.75 Å². The second kappa shape index (κ2) is 4.78. The molecule has 66 valence electrons. The number of aliphatic hydroxyl groups is 1. The van der Waals surface area contributed by atoms with Crippen LogP contribution in [0.5, 0.6) is 5.75 Å². The Labute approximate surface area is 72.8 Å². The van der Waals surface area contributed by atoms with E-state index < -0.39 is 0 Å². The van der Waals surface area contributed by atoms with Gasteiger partial charge in [0.1, 0.15) is 5.75 Å². The molecule has 0 unspecified atom stereocenters. The van der Waals surface area contributed by atoms with Crippen molar-refractivity contribution >= 4 is 0 Å². The monoisotopic (exact) mass is 166 g/mol. The van der Waals surface area contributed by atoms with Crippen LogP contribution in [0.25, 0.3) is 0 Å². The summed E-state index contributed by atoms with van der Waals surface area (Å²) in [6.07, 6.45) is 1.02. The first-order valence-electron chi connectivity index (χ1n) is 4.19. The minimum Gasteiger partial charge on any atom is -0.494 e. The van der Waals surface area contributed by atoms with Gasteiger partial charge in [0.15, 0.2) is 0 Å². The average Bonchev–Trinajstić information content (AvgIpc) is 2.15. The van der Waals surface area contributed by atoms with Gasteiger partial charge in [0.2, 0.25) is 0 Å². The molecule has 2 heteroatoms. The zero-order chi connectivity index (χ0) is 8.81. The Balaban J connectivity index is 2.53. The molecule has 0 aliphatic rings. The number of hydrogen-bond acceptors (Lipinski definition) is 2. The highest BCUT2D eigenvalue weighted by molar-refractivity contribution is 5.26. The van der Waals surface area contributed by atoms with Crippen molar-refractivity contribution in [2.45, 2.75) is 20.0 Å². The van der Waals surface area contributed by atoms with Gasteiger partial charge in [-0.3, -0.25) is 0 Å². The summed E-state index contributed by atoms with van der Waals surface area (Å²) in [6.45, 7) is 2.91. The van der Waals surface area contributed by atoms with Crippen molar-refractivity contribution in [2.24, 2.45) is 0 Å². The Morgan fingerprint density at radius 1 is 1.25 bits per heavy atom. The molecule has 1 N–H and O–H groups in total. The van der Waals surface area contributed by atoms with Crippen molar-refractivity contribution in [1.82, 2.24) is 0 Å². The Kier molecular flexibility index (Phi) is 3.61. The van der Waals surface area contributed by atoms with Crippen LogP contribution in [0.2, 0.25) is 0 Å². The van der Waals surface area contributed by atoms with Gasteiger partial charge in [0.05, 0.1) is 13.2 Å². The molecule has 0 aliphatic heterocycles. The molecule has 0 heterocycles. The van der Waals surface area contributed by atoms with Crippen molar-refractivity contribution in [3.05, 3.63) is 29.8 Å². The van der Waals surface area contributed by atoms with Crippen molar-refractivity contribution < 1.29 is 9.84 Å². The lowest BCUT2D eigenvalue weighted by atomic mass is 10.2. The molecule has 0 spiro atoms. The highest BCUT2D eigenvalue weighted by Gasteiger charge is 1.92. The molecule has 0 bridgehead atoms. The van der Waals surface area contributed by atoms with Crippen LogP contribution in [0.3, 0.4) is 0 Å². The number of benzene rings is 1. The number of aliphatic hydroxyl groups excluding tert-OH is 1. The summed E-state index contributed by atoms with van der Waals surface area (Å²) in [5, 5.41) is 8.76. The maximum atomic E-state index is 8.76. The zero-order valence-electron chi connectivity index (χ0n) is 7.29. The summed E-state index contributed by atoms with van der Waals surface area (Å²) >= 11 is 0. The van der Waals surface area contributed by atoms with E-state index in [-0.39, 0.29) is 6.61 Å². The van der Waals surface area contributed by atoms with Gasteiger partial charge < -0.3 is 9.84 Å². The molecule has 2 nitrogen and oxygen atoms in total. The van der Waals surface area contributed by atoms with Gasteiger partial charge >= 0.3 is 0 Å². The molecule has 0 aliphatic carbocycles. The van der Waals surface area contributed by atoms with E-state index in [9.17, 15) is 0 Å². The summed E-state index contributed by atoms with van der Waals surface area (Å²) in [5.41, 5.74) is 0.916. The molecule has 0 aromatic heterocycles. The summed E-state index contributed by atoms with van der Waals surface area (Å²) in [4.78, 5) is 0. The van der Waals surface area contributed by atoms with E-state index in [1.165, 1.54) is 0 Å². The third-order valence-corrected chi connectivity index (χ3v) is 1.58. The smallest absolute Gasteiger partial charge is 0.119 e. The number of ether oxygens (including phenoxy) is 1. The number of hydrogen-bond donors (Lipinski definition) is 1. The predicted octanol–water partition coefficient (Wildman–Crippen LogP) is 1.97. The normalized spacial score (nSPS) is 9.83. The molecule has 1 rings (SSSR count). The Morgan fingerprint density at radius 3 is 2.42 bits per heavy atom. The van der Waals surface area contributed by atoms with Gasteiger partial charge in [-0.2, -0.15) is 0 Å². The van der Waals surface area contributed by atoms with E-state index in [1.807, 2.05) is 24.3 Å². The van der Waals surface area contributed by atoms with Crippen LogP contribution in [-0.4, -0.2) is 11.7 Å². The highest BCUT2D eigenvalue weighted by atomic mass is 16.5. The Morgan fingerprint density at radius 2 is 1.92 bits per heavy atom. The fraction of sp³-hybridized carbons (Fsp3) is 0.400. The van der Waals surface area contributed by atoms with Crippen LogP contribution in [0.1, 0.15) is 18.9 Å². The molecule has 0 fully saturated rings. The highest BCUT2D eigenvalue weighted by Crippen LogP contribution is 2.11. The third kappa shape index (κ3) is 2.55. The zero-order valence-corrected chi connectivity index (χ0v) is 7.29. The summed E-state index contributed by atoms with van der Waals surface area (Å²) < 4.78 is 5.37. The first-order valence-corrected chi connectivity index (χ1v) is 4.19. The van der Waals surface area contributed by atoms with Crippen LogP contribution in [0, 0.1) is 0 Å². The molecule has 12 heavy (non-hydrogen) atoms. The second-order valence-electron chi connectivity index (χ2n) is 2.65. The molecule has 0 saturated heterocycles. The topological polar surface area (TPSA) is 29.5 Å². The molecule has 1 aromatic carbocycles. The minimum atomic E-state index is 0.0913. The standard InChI is InChI=1S/C10H14O2/c1-2-7-12-10-5-3-9(8-11)4-6-10/h3-6,11H,2,7-8H2,1H3. The Bertz CT molecular complexity index is 216. The van der Waals surface area contributed by atoms with Gasteiger partial charge in [0.25, 0.3) is 0 Å². The maximum Gasteiger partial charge on any atom is 0.119 e. The SMILES string of the molecule is CCCOc1ccc(CO)cc1. The van der Waals surface area contributed by atoms with E-state index in [4.69, 9.17) is 9.84 Å². The van der Waals surface area contributed by atoms with Crippen LogP contribution >= 0.6 is 0 Å².